The summed E-state index contributed by atoms with van der Waals surface area (Å²) in [5.41, 5.74) is 1.90. The largest absolute Gasteiger partial charge is 0.310 e. The van der Waals surface area contributed by atoms with Gasteiger partial charge in [-0.3, -0.25) is 0 Å². The average Bonchev–Trinajstić information content (AvgIpc) is 2.78. The molecule has 0 spiro atoms. The van der Waals surface area contributed by atoms with Crippen molar-refractivity contribution in [1.82, 2.24) is 5.32 Å². The average molecular weight is 410 g/mol. The third kappa shape index (κ3) is 4.15. The molecule has 1 heterocycles. The standard InChI is InChI=1S/C14H14ClFINS/c1-2-18-13(10-6-14(17)19-8-10)5-9-3-4-11(15)7-12(9)16/h3-4,6-8,13,18H,2,5H2,1H3. The van der Waals surface area contributed by atoms with Crippen LogP contribution in [0, 0.1) is 8.70 Å². The van der Waals surface area contributed by atoms with Crippen LogP contribution in [-0.2, 0) is 6.42 Å². The Balaban J connectivity index is 2.21. The smallest absolute Gasteiger partial charge is 0.127 e. The Labute approximate surface area is 135 Å². The quantitative estimate of drug-likeness (QED) is 0.682. The van der Waals surface area contributed by atoms with Crippen LogP contribution in [0.3, 0.4) is 0 Å². The lowest BCUT2D eigenvalue weighted by Gasteiger charge is -2.17. The van der Waals surface area contributed by atoms with Gasteiger partial charge in [0.05, 0.1) is 2.88 Å². The van der Waals surface area contributed by atoms with Crippen LogP contribution in [0.5, 0.6) is 0 Å². The van der Waals surface area contributed by atoms with Crippen LogP contribution in [0.15, 0.2) is 29.6 Å². The first-order valence-corrected chi connectivity index (χ1v) is 8.35. The van der Waals surface area contributed by atoms with Gasteiger partial charge < -0.3 is 5.32 Å². The van der Waals surface area contributed by atoms with E-state index < -0.39 is 0 Å². The zero-order chi connectivity index (χ0) is 13.8. The highest BCUT2D eigenvalue weighted by atomic mass is 127. The van der Waals surface area contributed by atoms with Gasteiger partial charge in [-0.15, -0.1) is 11.3 Å². The zero-order valence-corrected chi connectivity index (χ0v) is 14.2. The fourth-order valence-electron chi connectivity index (χ4n) is 1.97. The van der Waals surface area contributed by atoms with E-state index in [-0.39, 0.29) is 11.9 Å². The number of halogens is 3. The third-order valence-corrected chi connectivity index (χ3v) is 4.92. The van der Waals surface area contributed by atoms with Crippen molar-refractivity contribution in [3.05, 3.63) is 54.5 Å². The number of benzene rings is 1. The van der Waals surface area contributed by atoms with Crippen molar-refractivity contribution in [2.24, 2.45) is 0 Å². The number of hydrogen-bond donors (Lipinski definition) is 1. The van der Waals surface area contributed by atoms with E-state index in [0.29, 0.717) is 17.0 Å². The van der Waals surface area contributed by atoms with Crippen LogP contribution in [0.2, 0.25) is 5.02 Å². The van der Waals surface area contributed by atoms with E-state index in [1.165, 1.54) is 14.5 Å². The van der Waals surface area contributed by atoms with Crippen LogP contribution in [0.25, 0.3) is 0 Å². The highest BCUT2D eigenvalue weighted by Gasteiger charge is 2.15. The summed E-state index contributed by atoms with van der Waals surface area (Å²) < 4.78 is 15.1. The van der Waals surface area contributed by atoms with E-state index in [2.05, 4.69) is 46.3 Å². The molecule has 1 N–H and O–H groups in total. The van der Waals surface area contributed by atoms with E-state index in [0.717, 1.165) is 6.54 Å². The molecule has 0 aliphatic rings. The Bertz CT molecular complexity index is 558. The molecule has 1 aromatic carbocycles. The highest BCUT2D eigenvalue weighted by molar-refractivity contribution is 14.1. The Morgan fingerprint density at radius 1 is 1.42 bits per heavy atom. The number of thiophene rings is 1. The third-order valence-electron chi connectivity index (χ3n) is 2.88. The van der Waals surface area contributed by atoms with Gasteiger partial charge in [-0.2, -0.15) is 0 Å². The van der Waals surface area contributed by atoms with Crippen molar-refractivity contribution in [1.29, 1.82) is 0 Å². The topological polar surface area (TPSA) is 12.0 Å². The second kappa shape index (κ2) is 7.02. The van der Waals surface area contributed by atoms with Crippen molar-refractivity contribution < 1.29 is 4.39 Å². The van der Waals surface area contributed by atoms with Crippen LogP contribution < -0.4 is 5.32 Å². The molecule has 0 radical (unpaired) electrons. The minimum atomic E-state index is -0.236. The SMILES string of the molecule is CCNC(Cc1ccc(Cl)cc1F)c1csc(I)c1. The lowest BCUT2D eigenvalue weighted by Crippen LogP contribution is -2.22. The Morgan fingerprint density at radius 2 is 2.21 bits per heavy atom. The highest BCUT2D eigenvalue weighted by Crippen LogP contribution is 2.26. The molecular weight excluding hydrogens is 396 g/mol. The molecule has 0 saturated carbocycles. The Kier molecular flexibility index (Phi) is 5.62. The lowest BCUT2D eigenvalue weighted by molar-refractivity contribution is 0.529. The molecule has 1 aromatic heterocycles. The molecule has 0 bridgehead atoms. The summed E-state index contributed by atoms with van der Waals surface area (Å²) in [5, 5.41) is 5.97. The second-order valence-electron chi connectivity index (χ2n) is 4.23. The summed E-state index contributed by atoms with van der Waals surface area (Å²) in [4.78, 5) is 0. The van der Waals surface area contributed by atoms with Crippen LogP contribution in [0.4, 0.5) is 4.39 Å². The van der Waals surface area contributed by atoms with Gasteiger partial charge in [0.1, 0.15) is 5.82 Å². The monoisotopic (exact) mass is 409 g/mol. The summed E-state index contributed by atoms with van der Waals surface area (Å²) in [5.74, 6) is -0.236. The Hall–Kier alpha value is -0.170. The number of nitrogens with one attached hydrogen (secondary N) is 1. The molecule has 1 nitrogen and oxygen atoms in total. The summed E-state index contributed by atoms with van der Waals surface area (Å²) in [6.45, 7) is 2.91. The van der Waals surface area contributed by atoms with Crippen molar-refractivity contribution in [3.8, 4) is 0 Å². The molecule has 1 unspecified atom stereocenters. The van der Waals surface area contributed by atoms with Gasteiger partial charge in [0, 0.05) is 11.1 Å². The molecule has 0 aliphatic heterocycles. The predicted octanol–water partition coefficient (Wildman–Crippen LogP) is 5.04. The zero-order valence-electron chi connectivity index (χ0n) is 10.4. The van der Waals surface area contributed by atoms with Crippen LogP contribution in [-0.4, -0.2) is 6.54 Å². The normalized spacial score (nSPS) is 12.6. The summed E-state index contributed by atoms with van der Waals surface area (Å²) in [7, 11) is 0. The minimum Gasteiger partial charge on any atom is -0.310 e. The molecule has 0 fully saturated rings. The van der Waals surface area contributed by atoms with Crippen molar-refractivity contribution in [2.45, 2.75) is 19.4 Å². The first-order chi connectivity index (χ1) is 9.10. The van der Waals surface area contributed by atoms with Crippen LogP contribution >= 0.6 is 45.5 Å². The molecule has 0 aliphatic carbocycles. The van der Waals surface area contributed by atoms with Gasteiger partial charge in [-0.1, -0.05) is 24.6 Å². The minimum absolute atomic E-state index is 0.139. The maximum atomic E-state index is 13.9. The Morgan fingerprint density at radius 3 is 2.79 bits per heavy atom. The number of likely N-dealkylation sites (N-methyl/N-ethyl adjacent to an activating group) is 1. The summed E-state index contributed by atoms with van der Waals surface area (Å²) >= 11 is 9.79. The first-order valence-electron chi connectivity index (χ1n) is 6.01. The van der Waals surface area contributed by atoms with Gasteiger partial charge in [0.15, 0.2) is 0 Å². The van der Waals surface area contributed by atoms with E-state index in [9.17, 15) is 4.39 Å². The van der Waals surface area contributed by atoms with E-state index >= 15 is 0 Å². The second-order valence-corrected chi connectivity index (χ2v) is 7.48. The van der Waals surface area contributed by atoms with Gasteiger partial charge in [-0.25, -0.2) is 4.39 Å². The van der Waals surface area contributed by atoms with Crippen molar-refractivity contribution >= 4 is 45.5 Å². The number of hydrogen-bond acceptors (Lipinski definition) is 2. The molecule has 1 atom stereocenters. The maximum Gasteiger partial charge on any atom is 0.127 e. The van der Waals surface area contributed by atoms with E-state index in [1.807, 2.05) is 0 Å². The van der Waals surface area contributed by atoms with Crippen molar-refractivity contribution in [2.75, 3.05) is 6.54 Å². The fourth-order valence-corrected chi connectivity index (χ4v) is 3.55. The predicted molar refractivity (Wildman–Crippen MR) is 88.6 cm³/mol. The molecule has 102 valence electrons. The first kappa shape index (κ1) is 15.2. The van der Waals surface area contributed by atoms with Crippen molar-refractivity contribution in [3.63, 3.8) is 0 Å². The van der Waals surface area contributed by atoms with Gasteiger partial charge in [0.2, 0.25) is 0 Å². The van der Waals surface area contributed by atoms with Crippen LogP contribution in [0.1, 0.15) is 24.1 Å². The summed E-state index contributed by atoms with van der Waals surface area (Å²) in [6.07, 6.45) is 0.629. The molecular formula is C14H14ClFINS. The van der Waals surface area contributed by atoms with Gasteiger partial charge >= 0.3 is 0 Å². The van der Waals surface area contributed by atoms with E-state index in [1.54, 1.807) is 23.5 Å². The van der Waals surface area contributed by atoms with Gasteiger partial charge in [0.25, 0.3) is 0 Å². The van der Waals surface area contributed by atoms with E-state index in [4.69, 9.17) is 11.6 Å². The molecule has 5 heteroatoms. The molecule has 2 aromatic rings. The molecule has 0 amide bonds. The molecule has 0 saturated heterocycles. The molecule has 2 rings (SSSR count). The molecule has 19 heavy (non-hydrogen) atoms. The lowest BCUT2D eigenvalue weighted by atomic mass is 10.0. The number of rotatable bonds is 5. The van der Waals surface area contributed by atoms with Gasteiger partial charge in [-0.05, 0) is 70.3 Å². The maximum absolute atomic E-state index is 13.9. The summed E-state index contributed by atoms with van der Waals surface area (Å²) in [6, 6.07) is 7.16. The fraction of sp³-hybridized carbons (Fsp3) is 0.286.